The van der Waals surface area contributed by atoms with Gasteiger partial charge in [0.05, 0.1) is 6.04 Å². The van der Waals surface area contributed by atoms with E-state index < -0.39 is 0 Å². The maximum absolute atomic E-state index is 12.5. The van der Waals surface area contributed by atoms with Crippen LogP contribution in [0.4, 0.5) is 0 Å². The molecule has 3 rings (SSSR count). The van der Waals surface area contributed by atoms with E-state index >= 15 is 0 Å². The van der Waals surface area contributed by atoms with Crippen molar-refractivity contribution < 1.29 is 4.79 Å². The lowest BCUT2D eigenvalue weighted by molar-refractivity contribution is -0.127. The number of benzene rings is 1. The number of carbonyl (C=O) groups excluding carboxylic acids is 1. The van der Waals surface area contributed by atoms with E-state index in [9.17, 15) is 4.79 Å². The van der Waals surface area contributed by atoms with Crippen molar-refractivity contribution in [2.45, 2.75) is 32.2 Å². The number of nitrogens with one attached hydrogen (secondary N) is 1. The fraction of sp³-hybridized carbons (Fsp3) is 0.450. The van der Waals surface area contributed by atoms with Gasteiger partial charge >= 0.3 is 0 Å². The topological polar surface area (TPSA) is 39.3 Å². The Morgan fingerprint density at radius 1 is 1.33 bits per heavy atom. The molecule has 0 bridgehead atoms. The Balaban J connectivity index is 1.87. The molecule has 0 radical (unpaired) electrons. The molecule has 0 saturated heterocycles. The molecule has 1 aromatic heterocycles. The van der Waals surface area contributed by atoms with Gasteiger partial charge in [0.1, 0.15) is 0 Å². The molecule has 0 saturated carbocycles. The summed E-state index contributed by atoms with van der Waals surface area (Å²) in [6.07, 6.45) is 6.85. The van der Waals surface area contributed by atoms with Crippen LogP contribution in [0.1, 0.15) is 35.7 Å². The number of amides is 1. The number of carbonyl (C=O) groups is 1. The summed E-state index contributed by atoms with van der Waals surface area (Å²) in [7, 11) is 5.91. The van der Waals surface area contributed by atoms with Crippen LogP contribution in [0.5, 0.6) is 0 Å². The highest BCUT2D eigenvalue weighted by Crippen LogP contribution is 2.37. The molecule has 1 aliphatic rings. The molecule has 24 heavy (non-hydrogen) atoms. The van der Waals surface area contributed by atoms with Crippen molar-refractivity contribution in [2.24, 2.45) is 0 Å². The number of rotatable bonds is 4. The first-order chi connectivity index (χ1) is 11.5. The van der Waals surface area contributed by atoms with Gasteiger partial charge in [-0.1, -0.05) is 17.7 Å². The number of fused-ring (bicyclic) bond motifs is 3. The Kier molecular flexibility index (Phi) is 4.76. The third-order valence-corrected chi connectivity index (χ3v) is 4.88. The molecular formula is C20H27N3O. The number of likely N-dealkylation sites (N-methyl/N-ethyl adjacent to an activating group) is 2. The average Bonchev–Trinajstić information content (AvgIpc) is 2.91. The Labute approximate surface area is 144 Å². The number of nitrogens with zero attached hydrogens (tertiary/aromatic N) is 2. The van der Waals surface area contributed by atoms with E-state index in [0.29, 0.717) is 0 Å². The van der Waals surface area contributed by atoms with E-state index in [1.54, 1.807) is 6.08 Å². The first kappa shape index (κ1) is 16.8. The van der Waals surface area contributed by atoms with Gasteiger partial charge < -0.3 is 14.8 Å². The predicted molar refractivity (Wildman–Crippen MR) is 99.2 cm³/mol. The van der Waals surface area contributed by atoms with Crippen LogP contribution in [-0.4, -0.2) is 48.4 Å². The molecule has 128 valence electrons. The first-order valence-electron chi connectivity index (χ1n) is 8.66. The third kappa shape index (κ3) is 3.24. The Hall–Kier alpha value is -2.07. The molecule has 1 amide bonds. The highest BCUT2D eigenvalue weighted by atomic mass is 16.2. The number of hydrogen-bond acceptors (Lipinski definition) is 2. The van der Waals surface area contributed by atoms with Gasteiger partial charge in [-0.25, -0.2) is 0 Å². The van der Waals surface area contributed by atoms with Crippen LogP contribution in [0.25, 0.3) is 10.9 Å². The van der Waals surface area contributed by atoms with Gasteiger partial charge in [-0.05, 0) is 58.0 Å². The summed E-state index contributed by atoms with van der Waals surface area (Å²) >= 11 is 0. The molecular weight excluding hydrogens is 298 g/mol. The smallest absolute Gasteiger partial charge is 0.246 e. The summed E-state index contributed by atoms with van der Waals surface area (Å²) < 4.78 is 0. The summed E-state index contributed by atoms with van der Waals surface area (Å²) in [5.41, 5.74) is 5.07. The standard InChI is InChI=1S/C20H27N3O/c1-14-10-11-17-16(13-14)15-7-5-8-18(20(15)21-17)23(4)19(24)9-6-12-22(2)3/h6,9-11,13,18,21H,5,7-8,12H2,1-4H3/b9-6+. The number of aryl methyl sites for hydroxylation is 2. The number of aromatic amines is 1. The second-order valence-electron chi connectivity index (χ2n) is 7.09. The monoisotopic (exact) mass is 325 g/mol. The zero-order chi connectivity index (χ0) is 17.3. The van der Waals surface area contributed by atoms with Gasteiger partial charge in [0.25, 0.3) is 0 Å². The third-order valence-electron chi connectivity index (χ3n) is 4.88. The molecule has 0 spiro atoms. The molecule has 1 aromatic carbocycles. The van der Waals surface area contributed by atoms with Crippen LogP contribution in [-0.2, 0) is 11.2 Å². The molecule has 1 heterocycles. The largest absolute Gasteiger partial charge is 0.356 e. The van der Waals surface area contributed by atoms with Crippen molar-refractivity contribution >= 4 is 16.8 Å². The van der Waals surface area contributed by atoms with E-state index in [-0.39, 0.29) is 11.9 Å². The Bertz CT molecular complexity index is 773. The lowest BCUT2D eigenvalue weighted by Gasteiger charge is -2.31. The van der Waals surface area contributed by atoms with Gasteiger partial charge in [-0.15, -0.1) is 0 Å². The van der Waals surface area contributed by atoms with Crippen molar-refractivity contribution in [1.29, 1.82) is 0 Å². The molecule has 1 atom stereocenters. The Morgan fingerprint density at radius 2 is 2.12 bits per heavy atom. The molecule has 1 aliphatic carbocycles. The molecule has 0 aliphatic heterocycles. The highest BCUT2D eigenvalue weighted by molar-refractivity contribution is 5.89. The lowest BCUT2D eigenvalue weighted by atomic mass is 9.90. The molecule has 4 heteroatoms. The molecule has 1 N–H and O–H groups in total. The number of aromatic nitrogens is 1. The predicted octanol–water partition coefficient (Wildman–Crippen LogP) is 3.43. The van der Waals surface area contributed by atoms with Gasteiger partial charge in [-0.2, -0.15) is 0 Å². The minimum Gasteiger partial charge on any atom is -0.356 e. The van der Waals surface area contributed by atoms with Crippen LogP contribution in [0.15, 0.2) is 30.4 Å². The highest BCUT2D eigenvalue weighted by Gasteiger charge is 2.28. The fourth-order valence-electron chi connectivity index (χ4n) is 3.58. The quantitative estimate of drug-likeness (QED) is 0.875. The van der Waals surface area contributed by atoms with E-state index in [0.717, 1.165) is 25.8 Å². The average molecular weight is 325 g/mol. The number of hydrogen-bond donors (Lipinski definition) is 1. The summed E-state index contributed by atoms with van der Waals surface area (Å²) in [5, 5.41) is 1.32. The van der Waals surface area contributed by atoms with Gasteiger partial charge in [0.2, 0.25) is 5.91 Å². The summed E-state index contributed by atoms with van der Waals surface area (Å²) in [4.78, 5) is 20.0. The zero-order valence-electron chi connectivity index (χ0n) is 15.1. The molecule has 1 unspecified atom stereocenters. The minimum atomic E-state index is 0.0736. The second kappa shape index (κ2) is 6.81. The molecule has 0 fully saturated rings. The summed E-state index contributed by atoms with van der Waals surface area (Å²) in [6.45, 7) is 2.91. The zero-order valence-corrected chi connectivity index (χ0v) is 15.1. The van der Waals surface area contributed by atoms with Gasteiger partial charge in [-0.3, -0.25) is 4.79 Å². The van der Waals surface area contributed by atoms with Crippen LogP contribution in [0.2, 0.25) is 0 Å². The normalized spacial score (nSPS) is 17.6. The van der Waals surface area contributed by atoms with E-state index in [1.165, 1.54) is 27.7 Å². The van der Waals surface area contributed by atoms with Crippen molar-refractivity contribution in [2.75, 3.05) is 27.7 Å². The second-order valence-corrected chi connectivity index (χ2v) is 7.09. The van der Waals surface area contributed by atoms with Crippen molar-refractivity contribution in [3.8, 4) is 0 Å². The maximum Gasteiger partial charge on any atom is 0.246 e. The van der Waals surface area contributed by atoms with Crippen molar-refractivity contribution in [1.82, 2.24) is 14.8 Å². The van der Waals surface area contributed by atoms with Crippen molar-refractivity contribution in [3.63, 3.8) is 0 Å². The molecule has 2 aromatic rings. The lowest BCUT2D eigenvalue weighted by Crippen LogP contribution is -2.32. The Morgan fingerprint density at radius 3 is 2.88 bits per heavy atom. The van der Waals surface area contributed by atoms with E-state index in [2.05, 4.69) is 30.1 Å². The maximum atomic E-state index is 12.5. The minimum absolute atomic E-state index is 0.0736. The van der Waals surface area contributed by atoms with Crippen molar-refractivity contribution in [3.05, 3.63) is 47.2 Å². The van der Waals surface area contributed by atoms with Crippen LogP contribution in [0, 0.1) is 6.92 Å². The van der Waals surface area contributed by atoms with Crippen LogP contribution >= 0.6 is 0 Å². The SMILES string of the molecule is Cc1ccc2[nH]c3c(c2c1)CCCC3N(C)C(=O)/C=C/CN(C)C. The van der Waals surface area contributed by atoms with Crippen LogP contribution < -0.4 is 0 Å². The first-order valence-corrected chi connectivity index (χ1v) is 8.66. The van der Waals surface area contributed by atoms with E-state index in [1.807, 2.05) is 37.0 Å². The number of H-pyrrole nitrogens is 1. The van der Waals surface area contributed by atoms with E-state index in [4.69, 9.17) is 0 Å². The fourth-order valence-corrected chi connectivity index (χ4v) is 3.58. The summed E-state index contributed by atoms with van der Waals surface area (Å²) in [6, 6.07) is 6.68. The van der Waals surface area contributed by atoms with Gasteiger partial charge in [0.15, 0.2) is 0 Å². The van der Waals surface area contributed by atoms with Crippen LogP contribution in [0.3, 0.4) is 0 Å². The molecule has 4 nitrogen and oxygen atoms in total. The van der Waals surface area contributed by atoms with Gasteiger partial charge in [0, 0.05) is 36.3 Å². The summed E-state index contributed by atoms with van der Waals surface area (Å²) in [5.74, 6) is 0.0736.